The maximum absolute atomic E-state index is 13.1. The Labute approximate surface area is 209 Å². The van der Waals surface area contributed by atoms with E-state index in [4.69, 9.17) is 9.47 Å². The molecule has 1 aromatic heterocycles. The SMILES string of the molecule is COc1cncc2c1[C@]1(O)[C@@H](CN(C)C)[C@H](CO)[C@@H](c3ccccc3)[C@]1(C1C=CC(Br)=CC1)O2. The van der Waals surface area contributed by atoms with Gasteiger partial charge in [-0.1, -0.05) is 64.5 Å². The van der Waals surface area contributed by atoms with Gasteiger partial charge in [-0.25, -0.2) is 0 Å². The van der Waals surface area contributed by atoms with E-state index in [0.717, 1.165) is 10.0 Å². The normalized spacial score (nSPS) is 33.9. The zero-order valence-corrected chi connectivity index (χ0v) is 21.3. The van der Waals surface area contributed by atoms with Gasteiger partial charge < -0.3 is 24.6 Å². The van der Waals surface area contributed by atoms with Crippen LogP contribution in [0.15, 0.2) is 65.4 Å². The summed E-state index contributed by atoms with van der Waals surface area (Å²) in [6, 6.07) is 10.2. The number of aliphatic hydroxyl groups is 2. The molecular formula is C27H31BrN2O4. The van der Waals surface area contributed by atoms with Crippen LogP contribution in [0.2, 0.25) is 0 Å². The van der Waals surface area contributed by atoms with Crippen molar-refractivity contribution < 1.29 is 19.7 Å². The third-order valence-corrected chi connectivity index (χ3v) is 8.42. The number of aliphatic hydroxyl groups excluding tert-OH is 1. The van der Waals surface area contributed by atoms with Crippen LogP contribution >= 0.6 is 15.9 Å². The molecule has 0 radical (unpaired) electrons. The number of aromatic nitrogens is 1. The zero-order valence-electron chi connectivity index (χ0n) is 19.7. The highest BCUT2D eigenvalue weighted by molar-refractivity contribution is 9.11. The van der Waals surface area contributed by atoms with E-state index in [1.165, 1.54) is 0 Å². The van der Waals surface area contributed by atoms with Crippen LogP contribution in [0.1, 0.15) is 23.5 Å². The second-order valence-corrected chi connectivity index (χ2v) is 10.7. The van der Waals surface area contributed by atoms with Gasteiger partial charge in [0, 0.05) is 41.3 Å². The van der Waals surface area contributed by atoms with Gasteiger partial charge in [-0.05, 0) is 26.1 Å². The lowest BCUT2D eigenvalue weighted by Gasteiger charge is -2.46. The number of hydrogen-bond acceptors (Lipinski definition) is 6. The molecule has 180 valence electrons. The first kappa shape index (κ1) is 23.5. The Balaban J connectivity index is 1.83. The molecule has 3 aliphatic rings. The van der Waals surface area contributed by atoms with Crippen LogP contribution in [0.4, 0.5) is 0 Å². The molecule has 2 heterocycles. The van der Waals surface area contributed by atoms with E-state index in [1.54, 1.807) is 19.5 Å². The lowest BCUT2D eigenvalue weighted by Crippen LogP contribution is -2.58. The molecule has 1 aliphatic heterocycles. The minimum Gasteiger partial charge on any atom is -0.495 e. The zero-order chi connectivity index (χ0) is 24.1. The van der Waals surface area contributed by atoms with Crippen molar-refractivity contribution in [3.8, 4) is 11.5 Å². The highest BCUT2D eigenvalue weighted by atomic mass is 79.9. The summed E-state index contributed by atoms with van der Waals surface area (Å²) in [5.74, 6) is 0.118. The quantitative estimate of drug-likeness (QED) is 0.595. The van der Waals surface area contributed by atoms with Crippen LogP contribution < -0.4 is 9.47 Å². The fraction of sp³-hybridized carbons (Fsp3) is 0.444. The summed E-state index contributed by atoms with van der Waals surface area (Å²) in [5, 5.41) is 23.9. The summed E-state index contributed by atoms with van der Waals surface area (Å²) in [6.07, 6.45) is 10.3. The van der Waals surface area contributed by atoms with Crippen LogP contribution in [0.5, 0.6) is 11.5 Å². The number of fused-ring (bicyclic) bond motifs is 3. The van der Waals surface area contributed by atoms with E-state index in [-0.39, 0.29) is 30.3 Å². The van der Waals surface area contributed by atoms with Crippen molar-refractivity contribution >= 4 is 15.9 Å². The molecule has 1 aromatic carbocycles. The molecule has 0 saturated heterocycles. The molecule has 1 fully saturated rings. The Morgan fingerprint density at radius 1 is 1.24 bits per heavy atom. The van der Waals surface area contributed by atoms with Gasteiger partial charge in [0.2, 0.25) is 0 Å². The molecular weight excluding hydrogens is 496 g/mol. The average Bonchev–Trinajstić information content (AvgIpc) is 3.22. The molecule has 0 amide bonds. The number of hydrogen-bond donors (Lipinski definition) is 2. The molecule has 7 heteroatoms. The molecule has 2 N–H and O–H groups in total. The van der Waals surface area contributed by atoms with E-state index >= 15 is 0 Å². The molecule has 34 heavy (non-hydrogen) atoms. The Hall–Kier alpha value is -2.19. The Morgan fingerprint density at radius 3 is 2.62 bits per heavy atom. The van der Waals surface area contributed by atoms with Crippen molar-refractivity contribution in [1.29, 1.82) is 0 Å². The maximum Gasteiger partial charge on any atom is 0.156 e. The number of benzene rings is 1. The van der Waals surface area contributed by atoms with Gasteiger partial charge in [0.05, 0.1) is 25.1 Å². The third-order valence-electron chi connectivity index (χ3n) is 7.83. The Kier molecular flexibility index (Phi) is 6.09. The predicted octanol–water partition coefficient (Wildman–Crippen LogP) is 3.85. The summed E-state index contributed by atoms with van der Waals surface area (Å²) in [6.45, 7) is 0.515. The topological polar surface area (TPSA) is 75.1 Å². The lowest BCUT2D eigenvalue weighted by molar-refractivity contribution is -0.145. The van der Waals surface area contributed by atoms with Crippen molar-refractivity contribution in [3.05, 3.63) is 76.6 Å². The second kappa shape index (κ2) is 8.79. The fourth-order valence-electron chi connectivity index (χ4n) is 6.67. The van der Waals surface area contributed by atoms with Crippen molar-refractivity contribution in [1.82, 2.24) is 9.88 Å². The molecule has 2 aliphatic carbocycles. The molecule has 5 rings (SSSR count). The van der Waals surface area contributed by atoms with Gasteiger partial charge in [-0.3, -0.25) is 4.98 Å². The fourth-order valence-corrected chi connectivity index (χ4v) is 7.01. The summed E-state index contributed by atoms with van der Waals surface area (Å²) in [7, 11) is 5.58. The van der Waals surface area contributed by atoms with Crippen LogP contribution in [-0.4, -0.2) is 60.1 Å². The average molecular weight is 527 g/mol. The first-order valence-electron chi connectivity index (χ1n) is 11.7. The molecule has 2 aromatic rings. The second-order valence-electron chi connectivity index (χ2n) is 9.77. The van der Waals surface area contributed by atoms with Gasteiger partial charge >= 0.3 is 0 Å². The van der Waals surface area contributed by atoms with Gasteiger partial charge in [0.1, 0.15) is 17.1 Å². The standard InChI is InChI=1S/C27H31BrN2O4/c1-30(2)15-21-20(16-31)24(17-7-5-4-6-8-17)27(18-9-11-19(28)12-10-18)26(21,32)25-22(33-3)13-29-14-23(25)34-27/h4-9,11-14,18,20-21,24,31-32H,10,15-16H2,1-3H3/t18?,20-,21-,24+,26+,27-/m0/s1. The van der Waals surface area contributed by atoms with E-state index in [9.17, 15) is 10.2 Å². The highest BCUT2D eigenvalue weighted by Crippen LogP contribution is 2.70. The van der Waals surface area contributed by atoms with Crippen LogP contribution in [0, 0.1) is 17.8 Å². The predicted molar refractivity (Wildman–Crippen MR) is 134 cm³/mol. The van der Waals surface area contributed by atoms with Gasteiger partial charge in [-0.15, -0.1) is 0 Å². The monoisotopic (exact) mass is 526 g/mol. The number of rotatable bonds is 6. The van der Waals surface area contributed by atoms with Gasteiger partial charge in [0.25, 0.3) is 0 Å². The van der Waals surface area contributed by atoms with E-state index < -0.39 is 11.2 Å². The van der Waals surface area contributed by atoms with Gasteiger partial charge in [-0.2, -0.15) is 0 Å². The van der Waals surface area contributed by atoms with Crippen molar-refractivity contribution in [2.24, 2.45) is 17.8 Å². The molecule has 6 atom stereocenters. The number of nitrogens with zero attached hydrogens (tertiary/aromatic N) is 2. The Bertz CT molecular complexity index is 1120. The number of allylic oxidation sites excluding steroid dienone is 3. The van der Waals surface area contributed by atoms with Crippen molar-refractivity contribution in [2.75, 3.05) is 34.4 Å². The van der Waals surface area contributed by atoms with E-state index in [2.05, 4.69) is 50.1 Å². The minimum absolute atomic E-state index is 0.0653. The van der Waals surface area contributed by atoms with E-state index in [1.807, 2.05) is 38.4 Å². The number of methoxy groups -OCH3 is 1. The van der Waals surface area contributed by atoms with Crippen LogP contribution in [0.25, 0.3) is 0 Å². The summed E-state index contributed by atoms with van der Waals surface area (Å²) in [4.78, 5) is 6.41. The first-order valence-corrected chi connectivity index (χ1v) is 12.5. The summed E-state index contributed by atoms with van der Waals surface area (Å²) in [5.41, 5.74) is -0.790. The van der Waals surface area contributed by atoms with Gasteiger partial charge in [0.15, 0.2) is 5.60 Å². The van der Waals surface area contributed by atoms with Crippen LogP contribution in [0.3, 0.4) is 0 Å². The number of halogens is 1. The maximum atomic E-state index is 13.1. The lowest BCUT2D eigenvalue weighted by atomic mass is 9.65. The smallest absolute Gasteiger partial charge is 0.156 e. The third kappa shape index (κ3) is 3.21. The minimum atomic E-state index is -1.42. The van der Waals surface area contributed by atoms with Crippen LogP contribution in [-0.2, 0) is 5.60 Å². The first-order chi connectivity index (χ1) is 16.4. The highest BCUT2D eigenvalue weighted by Gasteiger charge is 2.77. The molecule has 1 saturated carbocycles. The molecule has 0 bridgehead atoms. The number of pyridine rings is 1. The Morgan fingerprint density at radius 2 is 2.00 bits per heavy atom. The summed E-state index contributed by atoms with van der Waals surface area (Å²) >= 11 is 3.58. The summed E-state index contributed by atoms with van der Waals surface area (Å²) < 4.78 is 13.7. The molecule has 6 nitrogen and oxygen atoms in total. The van der Waals surface area contributed by atoms with E-state index in [0.29, 0.717) is 30.0 Å². The van der Waals surface area contributed by atoms with Crippen molar-refractivity contribution in [2.45, 2.75) is 23.5 Å². The largest absolute Gasteiger partial charge is 0.495 e. The number of ether oxygens (including phenoxy) is 2. The van der Waals surface area contributed by atoms with Crippen molar-refractivity contribution in [3.63, 3.8) is 0 Å². The molecule has 0 spiro atoms. The molecule has 1 unspecified atom stereocenters.